The summed E-state index contributed by atoms with van der Waals surface area (Å²) in [4.78, 5) is 25.1. The molecule has 1 fully saturated rings. The molecule has 1 heterocycles. The van der Waals surface area contributed by atoms with Crippen molar-refractivity contribution in [1.82, 2.24) is 9.62 Å². The highest BCUT2D eigenvalue weighted by Gasteiger charge is 2.35. The summed E-state index contributed by atoms with van der Waals surface area (Å²) >= 11 is 0. The summed E-state index contributed by atoms with van der Waals surface area (Å²) < 4.78 is 45.4. The van der Waals surface area contributed by atoms with E-state index in [4.69, 9.17) is 4.74 Å². The predicted octanol–water partition coefficient (Wildman–Crippen LogP) is 3.04. The van der Waals surface area contributed by atoms with Gasteiger partial charge in [-0.05, 0) is 56.5 Å². The minimum atomic E-state index is -3.86. The average Bonchev–Trinajstić information content (AvgIpc) is 2.79. The molecular weight excluding hydrogens is 435 g/mol. The maximum atomic E-state index is 13.1. The zero-order chi connectivity index (χ0) is 23.3. The molecule has 9 heteroatoms. The summed E-state index contributed by atoms with van der Waals surface area (Å²) in [5.41, 5.74) is 0.924. The van der Waals surface area contributed by atoms with Gasteiger partial charge in [0.25, 0.3) is 5.91 Å². The molecule has 1 aliphatic rings. The Morgan fingerprint density at radius 3 is 2.41 bits per heavy atom. The van der Waals surface area contributed by atoms with E-state index in [1.165, 1.54) is 23.4 Å². The van der Waals surface area contributed by atoms with Crippen molar-refractivity contribution in [3.05, 3.63) is 66.0 Å². The van der Waals surface area contributed by atoms with Gasteiger partial charge >= 0.3 is 5.97 Å². The topological polar surface area (TPSA) is 92.8 Å². The van der Waals surface area contributed by atoms with Crippen molar-refractivity contribution in [1.29, 1.82) is 0 Å². The van der Waals surface area contributed by atoms with E-state index >= 15 is 0 Å². The summed E-state index contributed by atoms with van der Waals surface area (Å²) in [5, 5.41) is 2.81. The molecule has 32 heavy (non-hydrogen) atoms. The van der Waals surface area contributed by atoms with Crippen LogP contribution in [0.2, 0.25) is 0 Å². The lowest BCUT2D eigenvalue weighted by Crippen LogP contribution is -2.44. The first kappa shape index (κ1) is 23.9. The second kappa shape index (κ2) is 10.2. The van der Waals surface area contributed by atoms with Crippen molar-refractivity contribution in [2.45, 2.75) is 43.7 Å². The van der Waals surface area contributed by atoms with Crippen molar-refractivity contribution < 1.29 is 27.1 Å². The number of sulfonamides is 1. The first-order valence-corrected chi connectivity index (χ1v) is 11.9. The van der Waals surface area contributed by atoms with Crippen molar-refractivity contribution in [3.8, 4) is 0 Å². The Labute approximate surface area is 187 Å². The van der Waals surface area contributed by atoms with Gasteiger partial charge in [-0.2, -0.15) is 4.31 Å². The summed E-state index contributed by atoms with van der Waals surface area (Å²) in [5.74, 6) is -2.25. The Kier molecular flexibility index (Phi) is 7.63. The number of nitrogens with one attached hydrogen (secondary N) is 1. The van der Waals surface area contributed by atoms with E-state index in [1.54, 1.807) is 0 Å². The molecule has 7 nitrogen and oxygen atoms in total. The third-order valence-electron chi connectivity index (χ3n) is 5.49. The highest BCUT2D eigenvalue weighted by molar-refractivity contribution is 7.89. The number of nitrogens with zero attached hydrogens (tertiary/aromatic N) is 1. The molecule has 1 amide bonds. The van der Waals surface area contributed by atoms with E-state index in [-0.39, 0.29) is 24.0 Å². The molecule has 2 aromatic rings. The van der Waals surface area contributed by atoms with Gasteiger partial charge in [-0.3, -0.25) is 9.59 Å². The Morgan fingerprint density at radius 2 is 1.75 bits per heavy atom. The maximum absolute atomic E-state index is 13.1. The fourth-order valence-electron chi connectivity index (χ4n) is 3.59. The SMILES string of the molecule is CC(OC(=O)C1CCCN(S(=O)(=O)c2ccc(F)cc2)C1)C(=O)NC(C)c1ccccc1. The highest BCUT2D eigenvalue weighted by atomic mass is 32.2. The molecule has 3 atom stereocenters. The standard InChI is InChI=1S/C23H27FN2O5S/c1-16(18-7-4-3-5-8-18)25-22(27)17(2)31-23(28)19-9-6-14-26(15-19)32(29,30)21-12-10-20(24)11-13-21/h3-5,7-8,10-13,16-17,19H,6,9,14-15H2,1-2H3,(H,25,27). The molecule has 1 saturated heterocycles. The van der Waals surface area contributed by atoms with Crippen LogP contribution in [0, 0.1) is 11.7 Å². The van der Waals surface area contributed by atoms with Crippen molar-refractivity contribution in [2.24, 2.45) is 5.92 Å². The van der Waals surface area contributed by atoms with Gasteiger partial charge in [0.15, 0.2) is 6.10 Å². The van der Waals surface area contributed by atoms with Crippen LogP contribution in [-0.2, 0) is 24.3 Å². The van der Waals surface area contributed by atoms with E-state index in [2.05, 4.69) is 5.32 Å². The Bertz CT molecular complexity index is 1040. The highest BCUT2D eigenvalue weighted by Crippen LogP contribution is 2.25. The maximum Gasteiger partial charge on any atom is 0.311 e. The second-order valence-electron chi connectivity index (χ2n) is 7.88. The predicted molar refractivity (Wildman–Crippen MR) is 116 cm³/mol. The number of esters is 1. The molecule has 3 rings (SSSR count). The number of hydrogen-bond donors (Lipinski definition) is 1. The molecule has 3 unspecified atom stereocenters. The summed E-state index contributed by atoms with van der Waals surface area (Å²) in [6.45, 7) is 3.53. The second-order valence-corrected chi connectivity index (χ2v) is 9.81. The smallest absolute Gasteiger partial charge is 0.311 e. The normalized spacial score (nSPS) is 19.0. The van der Waals surface area contributed by atoms with Crippen LogP contribution < -0.4 is 5.32 Å². The van der Waals surface area contributed by atoms with Crippen LogP contribution in [0.15, 0.2) is 59.5 Å². The fraction of sp³-hybridized carbons (Fsp3) is 0.391. The lowest BCUT2D eigenvalue weighted by molar-refractivity contribution is -0.160. The van der Waals surface area contributed by atoms with Crippen LogP contribution in [-0.4, -0.2) is 43.8 Å². The van der Waals surface area contributed by atoms with Gasteiger partial charge in [-0.1, -0.05) is 30.3 Å². The summed E-state index contributed by atoms with van der Waals surface area (Å²) in [7, 11) is -3.86. The molecule has 172 valence electrons. The van der Waals surface area contributed by atoms with Gasteiger partial charge in [-0.25, -0.2) is 12.8 Å². The van der Waals surface area contributed by atoms with Crippen molar-refractivity contribution in [2.75, 3.05) is 13.1 Å². The molecule has 2 aromatic carbocycles. The number of carbonyl (C=O) groups excluding carboxylic acids is 2. The van der Waals surface area contributed by atoms with Gasteiger partial charge < -0.3 is 10.1 Å². The monoisotopic (exact) mass is 462 g/mol. The van der Waals surface area contributed by atoms with Crippen LogP contribution in [0.5, 0.6) is 0 Å². The fourth-order valence-corrected chi connectivity index (χ4v) is 5.11. The zero-order valence-corrected chi connectivity index (χ0v) is 18.8. The number of rotatable bonds is 7. The molecular formula is C23H27FN2O5S. The van der Waals surface area contributed by atoms with Crippen molar-refractivity contribution in [3.63, 3.8) is 0 Å². The molecule has 0 bridgehead atoms. The number of piperidine rings is 1. The minimum Gasteiger partial charge on any atom is -0.452 e. The molecule has 0 spiro atoms. The lowest BCUT2D eigenvalue weighted by Gasteiger charge is -2.31. The van der Waals surface area contributed by atoms with Crippen molar-refractivity contribution >= 4 is 21.9 Å². The van der Waals surface area contributed by atoms with E-state index in [0.29, 0.717) is 12.8 Å². The third-order valence-corrected chi connectivity index (χ3v) is 7.37. The lowest BCUT2D eigenvalue weighted by atomic mass is 10.00. The number of hydrogen-bond acceptors (Lipinski definition) is 5. The minimum absolute atomic E-state index is 0.0319. The van der Waals surface area contributed by atoms with Gasteiger partial charge in [0, 0.05) is 13.1 Å². The first-order valence-electron chi connectivity index (χ1n) is 10.5. The molecule has 0 aliphatic carbocycles. The molecule has 1 aliphatic heterocycles. The van der Waals surface area contributed by atoms with E-state index in [0.717, 1.165) is 17.7 Å². The van der Waals surface area contributed by atoms with Gasteiger partial charge in [0.1, 0.15) is 5.82 Å². The van der Waals surface area contributed by atoms with E-state index in [9.17, 15) is 22.4 Å². The number of amides is 1. The zero-order valence-electron chi connectivity index (χ0n) is 18.0. The Hall–Kier alpha value is -2.78. The summed E-state index contributed by atoms with van der Waals surface area (Å²) in [6, 6.07) is 13.7. The van der Waals surface area contributed by atoms with Gasteiger partial charge in [-0.15, -0.1) is 0 Å². The van der Waals surface area contributed by atoms with Crippen LogP contribution >= 0.6 is 0 Å². The molecule has 1 N–H and O–H groups in total. The van der Waals surface area contributed by atoms with Crippen LogP contribution in [0.4, 0.5) is 4.39 Å². The molecule has 0 saturated carbocycles. The largest absolute Gasteiger partial charge is 0.452 e. The third kappa shape index (κ3) is 5.72. The van der Waals surface area contributed by atoms with Crippen LogP contribution in [0.3, 0.4) is 0 Å². The number of halogens is 1. The summed E-state index contributed by atoms with van der Waals surface area (Å²) in [6.07, 6.45) is -0.0767. The first-order chi connectivity index (χ1) is 15.2. The molecule has 0 aromatic heterocycles. The van der Waals surface area contributed by atoms with E-state index < -0.39 is 39.7 Å². The van der Waals surface area contributed by atoms with E-state index in [1.807, 2.05) is 37.3 Å². The van der Waals surface area contributed by atoms with Gasteiger partial charge in [0.2, 0.25) is 10.0 Å². The number of benzene rings is 2. The number of ether oxygens (including phenoxy) is 1. The Balaban J connectivity index is 1.58. The Morgan fingerprint density at radius 1 is 1.09 bits per heavy atom. The van der Waals surface area contributed by atoms with Crippen LogP contribution in [0.25, 0.3) is 0 Å². The quantitative estimate of drug-likeness (QED) is 0.639. The van der Waals surface area contributed by atoms with Crippen LogP contribution in [0.1, 0.15) is 38.3 Å². The molecule has 0 radical (unpaired) electrons. The average molecular weight is 463 g/mol. The van der Waals surface area contributed by atoms with Gasteiger partial charge in [0.05, 0.1) is 16.9 Å². The number of carbonyl (C=O) groups is 2.